The van der Waals surface area contributed by atoms with Crippen molar-refractivity contribution >= 4 is 16.9 Å². The summed E-state index contributed by atoms with van der Waals surface area (Å²) in [6.45, 7) is 4.29. The van der Waals surface area contributed by atoms with Crippen LogP contribution < -0.4 is 10.9 Å². The fourth-order valence-electron chi connectivity index (χ4n) is 3.43. The van der Waals surface area contributed by atoms with Crippen LogP contribution in [0, 0.1) is 19.7 Å². The molecule has 4 aromatic rings. The zero-order valence-electron chi connectivity index (χ0n) is 16.7. The maximum absolute atomic E-state index is 13.1. The molecule has 0 aliphatic heterocycles. The van der Waals surface area contributed by atoms with Crippen molar-refractivity contribution in [2.45, 2.75) is 26.9 Å². The lowest BCUT2D eigenvalue weighted by Crippen LogP contribution is -2.26. The smallest absolute Gasteiger partial charge is 0.262 e. The molecule has 6 heteroatoms. The topological polar surface area (TPSA) is 64.2 Å². The number of nitrogens with zero attached hydrogens (tertiary/aromatic N) is 1. The Morgan fingerprint density at radius 2 is 1.67 bits per heavy atom. The summed E-state index contributed by atoms with van der Waals surface area (Å²) in [7, 11) is 0. The van der Waals surface area contributed by atoms with Gasteiger partial charge in [-0.25, -0.2) is 4.39 Å². The van der Waals surface area contributed by atoms with Gasteiger partial charge in [0.25, 0.3) is 11.5 Å². The van der Waals surface area contributed by atoms with E-state index in [-0.39, 0.29) is 34.8 Å². The second-order valence-corrected chi connectivity index (χ2v) is 7.32. The van der Waals surface area contributed by atoms with Crippen LogP contribution in [0.4, 0.5) is 4.39 Å². The highest BCUT2D eigenvalue weighted by Crippen LogP contribution is 2.23. The number of hydrogen-bond donors (Lipinski definition) is 1. The Morgan fingerprint density at radius 3 is 2.37 bits per heavy atom. The molecule has 1 amide bonds. The molecule has 30 heavy (non-hydrogen) atoms. The van der Waals surface area contributed by atoms with Crippen LogP contribution >= 0.6 is 0 Å². The molecule has 0 radical (unpaired) electrons. The number of fused-ring (bicyclic) bond motifs is 1. The molecule has 2 aromatic heterocycles. The average molecular weight is 404 g/mol. The second-order valence-electron chi connectivity index (χ2n) is 7.32. The van der Waals surface area contributed by atoms with E-state index in [0.29, 0.717) is 17.9 Å². The molecule has 2 heterocycles. The highest BCUT2D eigenvalue weighted by atomic mass is 19.1. The van der Waals surface area contributed by atoms with Crippen LogP contribution in [0.5, 0.6) is 0 Å². The van der Waals surface area contributed by atoms with Crippen LogP contribution in [0.1, 0.15) is 32.8 Å². The van der Waals surface area contributed by atoms with Crippen LogP contribution in [0.25, 0.3) is 11.0 Å². The quantitative estimate of drug-likeness (QED) is 0.539. The number of halogens is 1. The number of aromatic nitrogens is 1. The number of rotatable bonds is 5. The van der Waals surface area contributed by atoms with Crippen molar-refractivity contribution in [1.82, 2.24) is 9.88 Å². The SMILES string of the molecule is Cc1ccc(CNC(=O)c2c(C)oc3ccn(Cc4ccc(F)cc4)c(=O)c23)cc1. The van der Waals surface area contributed by atoms with Crippen molar-refractivity contribution in [3.05, 3.63) is 105 Å². The first-order chi connectivity index (χ1) is 14.4. The van der Waals surface area contributed by atoms with Gasteiger partial charge in [0.15, 0.2) is 0 Å². The van der Waals surface area contributed by atoms with Crippen molar-refractivity contribution in [2.24, 2.45) is 0 Å². The van der Waals surface area contributed by atoms with Gasteiger partial charge in [0.1, 0.15) is 17.2 Å². The normalized spacial score (nSPS) is 11.0. The van der Waals surface area contributed by atoms with Gasteiger partial charge in [-0.15, -0.1) is 0 Å². The zero-order chi connectivity index (χ0) is 21.3. The highest BCUT2D eigenvalue weighted by molar-refractivity contribution is 6.06. The van der Waals surface area contributed by atoms with Gasteiger partial charge in [-0.2, -0.15) is 0 Å². The van der Waals surface area contributed by atoms with Crippen molar-refractivity contribution in [2.75, 3.05) is 0 Å². The zero-order valence-corrected chi connectivity index (χ0v) is 16.7. The molecule has 2 aromatic carbocycles. The summed E-state index contributed by atoms with van der Waals surface area (Å²) < 4.78 is 20.3. The summed E-state index contributed by atoms with van der Waals surface area (Å²) in [5.74, 6) is -0.300. The first kappa shape index (κ1) is 19.6. The molecule has 0 unspecified atom stereocenters. The van der Waals surface area contributed by atoms with Gasteiger partial charge in [-0.05, 0) is 43.2 Å². The van der Waals surface area contributed by atoms with E-state index >= 15 is 0 Å². The summed E-state index contributed by atoms with van der Waals surface area (Å²) in [6.07, 6.45) is 1.62. The summed E-state index contributed by atoms with van der Waals surface area (Å²) in [5.41, 5.74) is 3.18. The lowest BCUT2D eigenvalue weighted by molar-refractivity contribution is 0.0950. The predicted molar refractivity (Wildman–Crippen MR) is 113 cm³/mol. The third-order valence-electron chi connectivity index (χ3n) is 5.06. The Kier molecular flexibility index (Phi) is 5.23. The predicted octanol–water partition coefficient (Wildman–Crippen LogP) is 4.33. The van der Waals surface area contributed by atoms with Crippen LogP contribution in [0.15, 0.2) is 70.0 Å². The van der Waals surface area contributed by atoms with Crippen molar-refractivity contribution < 1.29 is 13.6 Å². The largest absolute Gasteiger partial charge is 0.460 e. The highest BCUT2D eigenvalue weighted by Gasteiger charge is 2.21. The van der Waals surface area contributed by atoms with Gasteiger partial charge in [0.05, 0.1) is 17.5 Å². The fraction of sp³-hybridized carbons (Fsp3) is 0.167. The number of nitrogens with one attached hydrogen (secondary N) is 1. The van der Waals surface area contributed by atoms with Gasteiger partial charge in [0.2, 0.25) is 0 Å². The van der Waals surface area contributed by atoms with E-state index in [1.807, 2.05) is 31.2 Å². The van der Waals surface area contributed by atoms with Crippen LogP contribution in [-0.4, -0.2) is 10.5 Å². The van der Waals surface area contributed by atoms with E-state index in [1.165, 1.54) is 16.7 Å². The van der Waals surface area contributed by atoms with E-state index in [0.717, 1.165) is 16.7 Å². The average Bonchev–Trinajstić information content (AvgIpc) is 3.08. The molecular formula is C24H21FN2O3. The third kappa shape index (κ3) is 3.89. The first-order valence-corrected chi connectivity index (χ1v) is 9.63. The summed E-state index contributed by atoms with van der Waals surface area (Å²) in [6, 6.07) is 15.5. The molecule has 4 rings (SSSR count). The maximum Gasteiger partial charge on any atom is 0.262 e. The van der Waals surface area contributed by atoms with Gasteiger partial charge < -0.3 is 14.3 Å². The molecular weight excluding hydrogens is 383 g/mol. The number of benzene rings is 2. The Balaban J connectivity index is 1.64. The van der Waals surface area contributed by atoms with Gasteiger partial charge in [-0.3, -0.25) is 9.59 Å². The Labute approximate surface area is 172 Å². The lowest BCUT2D eigenvalue weighted by Gasteiger charge is -2.07. The molecule has 0 spiro atoms. The number of hydrogen-bond acceptors (Lipinski definition) is 3. The van der Waals surface area contributed by atoms with E-state index in [2.05, 4.69) is 5.32 Å². The van der Waals surface area contributed by atoms with Gasteiger partial charge in [-0.1, -0.05) is 42.0 Å². The van der Waals surface area contributed by atoms with Crippen molar-refractivity contribution in [3.8, 4) is 0 Å². The number of carbonyl (C=O) groups is 1. The molecule has 0 aliphatic carbocycles. The standard InChI is InChI=1S/C24H21FN2O3/c1-15-3-5-17(6-4-15)13-26-23(28)21-16(2)30-20-11-12-27(24(29)22(20)21)14-18-7-9-19(25)10-8-18/h3-12H,13-14H2,1-2H3,(H,26,28). The summed E-state index contributed by atoms with van der Waals surface area (Å²) in [5, 5.41) is 3.12. The molecule has 0 fully saturated rings. The second kappa shape index (κ2) is 7.99. The molecule has 0 saturated heterocycles. The number of carbonyl (C=O) groups excluding carboxylic acids is 1. The van der Waals surface area contributed by atoms with Gasteiger partial charge in [0, 0.05) is 12.7 Å². The van der Waals surface area contributed by atoms with Gasteiger partial charge >= 0.3 is 0 Å². The van der Waals surface area contributed by atoms with Crippen LogP contribution in [0.3, 0.4) is 0 Å². The van der Waals surface area contributed by atoms with E-state index in [1.54, 1.807) is 31.3 Å². The number of amides is 1. The van der Waals surface area contributed by atoms with Crippen molar-refractivity contribution in [1.29, 1.82) is 0 Å². The van der Waals surface area contributed by atoms with E-state index in [4.69, 9.17) is 4.42 Å². The fourth-order valence-corrected chi connectivity index (χ4v) is 3.43. The van der Waals surface area contributed by atoms with E-state index < -0.39 is 0 Å². The Hall–Kier alpha value is -3.67. The Morgan fingerprint density at radius 1 is 1.00 bits per heavy atom. The minimum atomic E-state index is -0.358. The maximum atomic E-state index is 13.1. The molecule has 0 bridgehead atoms. The lowest BCUT2D eigenvalue weighted by atomic mass is 10.1. The molecule has 5 nitrogen and oxygen atoms in total. The first-order valence-electron chi connectivity index (χ1n) is 9.63. The molecule has 0 atom stereocenters. The summed E-state index contributed by atoms with van der Waals surface area (Å²) >= 11 is 0. The molecule has 0 aliphatic rings. The summed E-state index contributed by atoms with van der Waals surface area (Å²) in [4.78, 5) is 26.0. The molecule has 1 N–H and O–H groups in total. The minimum absolute atomic E-state index is 0.246. The number of aryl methyl sites for hydroxylation is 2. The Bertz CT molecular complexity index is 1270. The van der Waals surface area contributed by atoms with E-state index in [9.17, 15) is 14.0 Å². The number of pyridine rings is 1. The monoisotopic (exact) mass is 404 g/mol. The van der Waals surface area contributed by atoms with Crippen molar-refractivity contribution in [3.63, 3.8) is 0 Å². The van der Waals surface area contributed by atoms with Crippen LogP contribution in [0.2, 0.25) is 0 Å². The van der Waals surface area contributed by atoms with Crippen LogP contribution in [-0.2, 0) is 13.1 Å². The third-order valence-corrected chi connectivity index (χ3v) is 5.06. The molecule has 152 valence electrons. The number of furan rings is 1. The minimum Gasteiger partial charge on any atom is -0.460 e. The molecule has 0 saturated carbocycles.